The van der Waals surface area contributed by atoms with Crippen molar-refractivity contribution in [2.45, 2.75) is 31.8 Å². The molecule has 1 aromatic rings. The normalized spacial score (nSPS) is 26.7. The van der Waals surface area contributed by atoms with Crippen molar-refractivity contribution in [1.29, 1.82) is 0 Å². The Morgan fingerprint density at radius 2 is 2.00 bits per heavy atom. The molecule has 2 unspecified atom stereocenters. The van der Waals surface area contributed by atoms with Crippen molar-refractivity contribution in [2.75, 3.05) is 19.6 Å². The zero-order chi connectivity index (χ0) is 14.7. The van der Waals surface area contributed by atoms with Crippen LogP contribution < -0.4 is 5.32 Å². The molecule has 114 valence electrons. The molecule has 0 amide bonds. The second kappa shape index (κ2) is 6.58. The zero-order valence-electron chi connectivity index (χ0n) is 12.4. The van der Waals surface area contributed by atoms with Crippen LogP contribution in [-0.4, -0.2) is 41.7 Å². The maximum absolute atomic E-state index is 11.4. The molecule has 1 saturated heterocycles. The first kappa shape index (κ1) is 14.5. The third-order valence-electron chi connectivity index (χ3n) is 4.53. The summed E-state index contributed by atoms with van der Waals surface area (Å²) in [5.74, 6) is -0.0694. The number of rotatable bonds is 6. The van der Waals surface area contributed by atoms with Crippen molar-refractivity contribution in [1.82, 2.24) is 10.2 Å². The lowest BCUT2D eigenvalue weighted by molar-refractivity contribution is -0.144. The molecule has 0 radical (unpaired) electrons. The van der Waals surface area contributed by atoms with Gasteiger partial charge >= 0.3 is 5.97 Å². The van der Waals surface area contributed by atoms with Gasteiger partial charge in [0.2, 0.25) is 0 Å². The van der Waals surface area contributed by atoms with E-state index in [9.17, 15) is 9.90 Å². The van der Waals surface area contributed by atoms with Crippen LogP contribution in [0.15, 0.2) is 30.3 Å². The molecule has 2 fully saturated rings. The van der Waals surface area contributed by atoms with Crippen LogP contribution in [0, 0.1) is 11.8 Å². The quantitative estimate of drug-likeness (QED) is 0.840. The lowest BCUT2D eigenvalue weighted by Gasteiger charge is -2.36. The van der Waals surface area contributed by atoms with Gasteiger partial charge in [-0.05, 0) is 30.7 Å². The Balaban J connectivity index is 1.55. The standard InChI is InChI=1S/C17H24N2O2/c20-17(21)15-8-16(12-19(11-15)10-14-6-7-14)18-9-13-4-2-1-3-5-13/h1-5,14-16,18H,6-12H2,(H,20,21). The smallest absolute Gasteiger partial charge is 0.307 e. The molecule has 1 aliphatic heterocycles. The van der Waals surface area contributed by atoms with Crippen LogP contribution in [0.25, 0.3) is 0 Å². The Morgan fingerprint density at radius 3 is 2.67 bits per heavy atom. The SMILES string of the molecule is O=C(O)C1CC(NCc2ccccc2)CN(CC2CC2)C1. The topological polar surface area (TPSA) is 52.6 Å². The van der Waals surface area contributed by atoms with Gasteiger partial charge < -0.3 is 15.3 Å². The van der Waals surface area contributed by atoms with Crippen molar-refractivity contribution >= 4 is 5.97 Å². The van der Waals surface area contributed by atoms with Gasteiger partial charge in [0, 0.05) is 32.2 Å². The molecule has 1 saturated carbocycles. The first-order valence-corrected chi connectivity index (χ1v) is 7.93. The molecule has 0 spiro atoms. The molecule has 4 heteroatoms. The van der Waals surface area contributed by atoms with E-state index < -0.39 is 5.97 Å². The molecular formula is C17H24N2O2. The summed E-state index contributed by atoms with van der Waals surface area (Å²) in [6, 6.07) is 10.6. The molecule has 3 rings (SSSR count). The number of piperidine rings is 1. The molecule has 0 bridgehead atoms. The third-order valence-corrected chi connectivity index (χ3v) is 4.53. The van der Waals surface area contributed by atoms with E-state index in [0.29, 0.717) is 0 Å². The number of carboxylic acids is 1. The maximum Gasteiger partial charge on any atom is 0.307 e. The van der Waals surface area contributed by atoms with Crippen LogP contribution in [-0.2, 0) is 11.3 Å². The van der Waals surface area contributed by atoms with Gasteiger partial charge in [0.1, 0.15) is 0 Å². The van der Waals surface area contributed by atoms with Crippen LogP contribution >= 0.6 is 0 Å². The molecule has 21 heavy (non-hydrogen) atoms. The Hall–Kier alpha value is -1.39. The minimum Gasteiger partial charge on any atom is -0.481 e. The Kier molecular flexibility index (Phi) is 4.56. The molecule has 1 aromatic carbocycles. The Labute approximate surface area is 126 Å². The van der Waals surface area contributed by atoms with Gasteiger partial charge in [-0.1, -0.05) is 30.3 Å². The fraction of sp³-hybridized carbons (Fsp3) is 0.588. The van der Waals surface area contributed by atoms with E-state index in [1.54, 1.807) is 0 Å². The molecule has 2 aliphatic rings. The molecule has 2 N–H and O–H groups in total. The predicted molar refractivity (Wildman–Crippen MR) is 82.0 cm³/mol. The van der Waals surface area contributed by atoms with Crippen LogP contribution in [0.5, 0.6) is 0 Å². The van der Waals surface area contributed by atoms with Crippen LogP contribution in [0.3, 0.4) is 0 Å². The van der Waals surface area contributed by atoms with E-state index in [1.165, 1.54) is 18.4 Å². The minimum atomic E-state index is -0.651. The highest BCUT2D eigenvalue weighted by Crippen LogP contribution is 2.31. The number of nitrogens with zero attached hydrogens (tertiary/aromatic N) is 1. The summed E-state index contributed by atoms with van der Waals surface area (Å²) < 4.78 is 0. The highest BCUT2D eigenvalue weighted by molar-refractivity contribution is 5.70. The lowest BCUT2D eigenvalue weighted by Crippen LogP contribution is -2.51. The van der Waals surface area contributed by atoms with Gasteiger partial charge in [0.05, 0.1) is 5.92 Å². The summed E-state index contributed by atoms with van der Waals surface area (Å²) in [7, 11) is 0. The van der Waals surface area contributed by atoms with Gasteiger partial charge in [-0.2, -0.15) is 0 Å². The molecular weight excluding hydrogens is 264 g/mol. The molecule has 1 heterocycles. The number of carbonyl (C=O) groups is 1. The predicted octanol–water partition coefficient (Wildman–Crippen LogP) is 1.96. The fourth-order valence-corrected chi connectivity index (χ4v) is 3.19. The van der Waals surface area contributed by atoms with Crippen molar-refractivity contribution in [3.8, 4) is 0 Å². The summed E-state index contributed by atoms with van der Waals surface area (Å²) in [4.78, 5) is 13.7. The summed E-state index contributed by atoms with van der Waals surface area (Å²) in [6.07, 6.45) is 3.37. The van der Waals surface area contributed by atoms with Gasteiger partial charge in [-0.15, -0.1) is 0 Å². The summed E-state index contributed by atoms with van der Waals surface area (Å²) in [5, 5.41) is 12.9. The number of carboxylic acid groups (broad SMARTS) is 1. The Bertz CT molecular complexity index is 473. The molecule has 4 nitrogen and oxygen atoms in total. The van der Waals surface area contributed by atoms with Gasteiger partial charge in [-0.25, -0.2) is 0 Å². The van der Waals surface area contributed by atoms with E-state index in [4.69, 9.17) is 0 Å². The van der Waals surface area contributed by atoms with E-state index in [1.807, 2.05) is 18.2 Å². The lowest BCUT2D eigenvalue weighted by atomic mass is 9.94. The van der Waals surface area contributed by atoms with Crippen molar-refractivity contribution in [3.05, 3.63) is 35.9 Å². The van der Waals surface area contributed by atoms with E-state index >= 15 is 0 Å². The number of hydrogen-bond donors (Lipinski definition) is 2. The maximum atomic E-state index is 11.4. The largest absolute Gasteiger partial charge is 0.481 e. The van der Waals surface area contributed by atoms with E-state index in [0.717, 1.165) is 38.5 Å². The number of benzene rings is 1. The fourth-order valence-electron chi connectivity index (χ4n) is 3.19. The van der Waals surface area contributed by atoms with Crippen molar-refractivity contribution in [3.63, 3.8) is 0 Å². The van der Waals surface area contributed by atoms with Crippen molar-refractivity contribution in [2.24, 2.45) is 11.8 Å². The summed E-state index contributed by atoms with van der Waals surface area (Å²) in [6.45, 7) is 3.59. The summed E-state index contributed by atoms with van der Waals surface area (Å²) >= 11 is 0. The average Bonchev–Trinajstić information content (AvgIpc) is 3.30. The number of nitrogens with one attached hydrogen (secondary N) is 1. The molecule has 0 aromatic heterocycles. The van der Waals surface area contributed by atoms with Gasteiger partial charge in [-0.3, -0.25) is 4.79 Å². The Morgan fingerprint density at radius 1 is 1.24 bits per heavy atom. The molecule has 2 atom stereocenters. The van der Waals surface area contributed by atoms with Crippen LogP contribution in [0.4, 0.5) is 0 Å². The minimum absolute atomic E-state index is 0.231. The second-order valence-electron chi connectivity index (χ2n) is 6.50. The number of hydrogen-bond acceptors (Lipinski definition) is 3. The monoisotopic (exact) mass is 288 g/mol. The molecule has 1 aliphatic carbocycles. The van der Waals surface area contributed by atoms with Crippen LogP contribution in [0.1, 0.15) is 24.8 Å². The van der Waals surface area contributed by atoms with Crippen LogP contribution in [0.2, 0.25) is 0 Å². The van der Waals surface area contributed by atoms with Gasteiger partial charge in [0.15, 0.2) is 0 Å². The third kappa shape index (κ3) is 4.29. The number of likely N-dealkylation sites (tertiary alicyclic amines) is 1. The first-order chi connectivity index (χ1) is 10.2. The number of aliphatic carboxylic acids is 1. The average molecular weight is 288 g/mol. The summed E-state index contributed by atoms with van der Waals surface area (Å²) in [5.41, 5.74) is 1.25. The van der Waals surface area contributed by atoms with Gasteiger partial charge in [0.25, 0.3) is 0 Å². The van der Waals surface area contributed by atoms with E-state index in [2.05, 4.69) is 22.3 Å². The second-order valence-corrected chi connectivity index (χ2v) is 6.50. The van der Waals surface area contributed by atoms with E-state index in [-0.39, 0.29) is 12.0 Å². The zero-order valence-corrected chi connectivity index (χ0v) is 12.4. The highest BCUT2D eigenvalue weighted by Gasteiger charge is 2.34. The van der Waals surface area contributed by atoms with Crippen molar-refractivity contribution < 1.29 is 9.90 Å². The highest BCUT2D eigenvalue weighted by atomic mass is 16.4. The first-order valence-electron chi connectivity index (χ1n) is 7.93.